The van der Waals surface area contributed by atoms with E-state index in [4.69, 9.17) is 9.51 Å². The van der Waals surface area contributed by atoms with Gasteiger partial charge in [0.15, 0.2) is 5.82 Å². The Morgan fingerprint density at radius 1 is 1.24 bits per heavy atom. The van der Waals surface area contributed by atoms with Crippen LogP contribution in [0.15, 0.2) is 46.3 Å². The highest BCUT2D eigenvalue weighted by Gasteiger charge is 2.26. The standard InChI is InChI=1S/C21H25N5O2S/c1-15-12-19(24-28-15)23-20(27)16(2)26-10-8-25(9-11-26)13-18-14-29-21(22-18)17-6-4-3-5-7-17/h3-7,12,14,16H,8-11,13H2,1-2H3,(H,23,24,27). The van der Waals surface area contributed by atoms with Crippen LogP contribution in [0, 0.1) is 6.92 Å². The highest BCUT2D eigenvalue weighted by molar-refractivity contribution is 7.13. The summed E-state index contributed by atoms with van der Waals surface area (Å²) in [6.07, 6.45) is 0. The number of benzene rings is 1. The SMILES string of the molecule is Cc1cc(NC(=O)C(C)N2CCN(Cc3csc(-c4ccccc4)n3)CC2)no1. The van der Waals surface area contributed by atoms with E-state index in [-0.39, 0.29) is 11.9 Å². The number of hydrogen-bond acceptors (Lipinski definition) is 7. The van der Waals surface area contributed by atoms with Gasteiger partial charge in [0, 0.05) is 49.7 Å². The number of aryl methyl sites for hydroxylation is 1. The molecule has 2 aromatic heterocycles. The zero-order chi connectivity index (χ0) is 20.2. The number of aromatic nitrogens is 2. The molecule has 0 saturated carbocycles. The first-order valence-corrected chi connectivity index (χ1v) is 10.7. The average Bonchev–Trinajstić information content (AvgIpc) is 3.37. The van der Waals surface area contributed by atoms with Gasteiger partial charge in [0.2, 0.25) is 5.91 Å². The second kappa shape index (κ2) is 8.86. The third-order valence-electron chi connectivity index (χ3n) is 5.17. The molecule has 8 heteroatoms. The molecule has 1 atom stereocenters. The number of anilines is 1. The summed E-state index contributed by atoms with van der Waals surface area (Å²) in [6, 6.07) is 11.8. The molecule has 0 spiro atoms. The Bertz CT molecular complexity index is 947. The summed E-state index contributed by atoms with van der Waals surface area (Å²) in [7, 11) is 0. The van der Waals surface area contributed by atoms with Crippen LogP contribution in [-0.2, 0) is 11.3 Å². The fourth-order valence-corrected chi connectivity index (χ4v) is 4.27. The first kappa shape index (κ1) is 19.8. The van der Waals surface area contributed by atoms with Crippen LogP contribution in [0.3, 0.4) is 0 Å². The van der Waals surface area contributed by atoms with Crippen molar-refractivity contribution in [1.82, 2.24) is 19.9 Å². The fourth-order valence-electron chi connectivity index (χ4n) is 3.45. The summed E-state index contributed by atoms with van der Waals surface area (Å²) in [6.45, 7) is 8.11. The van der Waals surface area contributed by atoms with Gasteiger partial charge < -0.3 is 9.84 Å². The van der Waals surface area contributed by atoms with Crippen molar-refractivity contribution in [3.8, 4) is 10.6 Å². The highest BCUT2D eigenvalue weighted by Crippen LogP contribution is 2.24. The summed E-state index contributed by atoms with van der Waals surface area (Å²) >= 11 is 1.69. The van der Waals surface area contributed by atoms with Crippen molar-refractivity contribution in [2.75, 3.05) is 31.5 Å². The second-order valence-corrected chi connectivity index (χ2v) is 8.17. The summed E-state index contributed by atoms with van der Waals surface area (Å²) < 4.78 is 5.00. The molecule has 0 bridgehead atoms. The third-order valence-corrected chi connectivity index (χ3v) is 6.11. The van der Waals surface area contributed by atoms with Crippen LogP contribution in [0.2, 0.25) is 0 Å². The average molecular weight is 412 g/mol. The number of nitrogens with zero attached hydrogens (tertiary/aromatic N) is 4. The van der Waals surface area contributed by atoms with Crippen LogP contribution in [0.5, 0.6) is 0 Å². The summed E-state index contributed by atoms with van der Waals surface area (Å²) in [5.41, 5.74) is 2.27. The maximum Gasteiger partial charge on any atom is 0.242 e. The molecule has 1 aliphatic heterocycles. The number of piperazine rings is 1. The molecule has 1 fully saturated rings. The molecular weight excluding hydrogens is 386 g/mol. The van der Waals surface area contributed by atoms with E-state index in [1.165, 1.54) is 0 Å². The number of carbonyl (C=O) groups is 1. The van der Waals surface area contributed by atoms with Crippen molar-refractivity contribution in [1.29, 1.82) is 0 Å². The minimum atomic E-state index is -0.210. The molecule has 1 amide bonds. The van der Waals surface area contributed by atoms with Crippen LogP contribution in [-0.4, -0.2) is 58.1 Å². The van der Waals surface area contributed by atoms with E-state index in [1.807, 2.05) is 25.1 Å². The van der Waals surface area contributed by atoms with E-state index >= 15 is 0 Å². The minimum Gasteiger partial charge on any atom is -0.360 e. The molecule has 1 unspecified atom stereocenters. The number of hydrogen-bond donors (Lipinski definition) is 1. The first-order chi connectivity index (χ1) is 14.1. The lowest BCUT2D eigenvalue weighted by Crippen LogP contribution is -2.52. The molecule has 1 N–H and O–H groups in total. The zero-order valence-electron chi connectivity index (χ0n) is 16.7. The molecular formula is C21H25N5O2S. The van der Waals surface area contributed by atoms with Crippen molar-refractivity contribution < 1.29 is 9.32 Å². The summed E-state index contributed by atoms with van der Waals surface area (Å²) in [5.74, 6) is 1.09. The van der Waals surface area contributed by atoms with E-state index < -0.39 is 0 Å². The van der Waals surface area contributed by atoms with Crippen LogP contribution in [0.4, 0.5) is 5.82 Å². The lowest BCUT2D eigenvalue weighted by molar-refractivity contribution is -0.121. The quantitative estimate of drug-likeness (QED) is 0.671. The number of thiazole rings is 1. The molecule has 4 rings (SSSR count). The van der Waals surface area contributed by atoms with Gasteiger partial charge in [0.1, 0.15) is 10.8 Å². The smallest absolute Gasteiger partial charge is 0.242 e. The Kier molecular flexibility index (Phi) is 6.03. The van der Waals surface area contributed by atoms with E-state index in [9.17, 15) is 4.79 Å². The van der Waals surface area contributed by atoms with Gasteiger partial charge in [-0.05, 0) is 13.8 Å². The Balaban J connectivity index is 1.27. The predicted octanol–water partition coefficient (Wildman–Crippen LogP) is 3.25. The molecule has 1 aromatic carbocycles. The van der Waals surface area contributed by atoms with Gasteiger partial charge >= 0.3 is 0 Å². The van der Waals surface area contributed by atoms with Crippen molar-refractivity contribution in [2.45, 2.75) is 26.4 Å². The summed E-state index contributed by atoms with van der Waals surface area (Å²) in [4.78, 5) is 21.9. The molecule has 3 aromatic rings. The minimum absolute atomic E-state index is 0.0567. The first-order valence-electron chi connectivity index (χ1n) is 9.79. The zero-order valence-corrected chi connectivity index (χ0v) is 17.5. The van der Waals surface area contributed by atoms with Gasteiger partial charge in [-0.15, -0.1) is 11.3 Å². The molecule has 3 heterocycles. The Morgan fingerprint density at radius 3 is 2.69 bits per heavy atom. The number of nitrogens with one attached hydrogen (secondary N) is 1. The Labute approximate surface area is 174 Å². The molecule has 1 aliphatic rings. The molecule has 0 aliphatic carbocycles. The van der Waals surface area contributed by atoms with Gasteiger partial charge in [-0.3, -0.25) is 14.6 Å². The lowest BCUT2D eigenvalue weighted by Gasteiger charge is -2.37. The van der Waals surface area contributed by atoms with Crippen molar-refractivity contribution in [3.63, 3.8) is 0 Å². The molecule has 1 saturated heterocycles. The Hall–Kier alpha value is -2.55. The van der Waals surface area contributed by atoms with Crippen LogP contribution < -0.4 is 5.32 Å². The van der Waals surface area contributed by atoms with Crippen LogP contribution in [0.25, 0.3) is 10.6 Å². The monoisotopic (exact) mass is 411 g/mol. The maximum absolute atomic E-state index is 12.5. The second-order valence-electron chi connectivity index (χ2n) is 7.31. The summed E-state index contributed by atoms with van der Waals surface area (Å²) in [5, 5.41) is 9.85. The molecule has 0 radical (unpaired) electrons. The lowest BCUT2D eigenvalue weighted by atomic mass is 10.2. The largest absolute Gasteiger partial charge is 0.360 e. The van der Waals surface area contributed by atoms with Gasteiger partial charge in [-0.2, -0.15) is 0 Å². The van der Waals surface area contributed by atoms with E-state index in [0.29, 0.717) is 11.6 Å². The maximum atomic E-state index is 12.5. The number of rotatable bonds is 6. The van der Waals surface area contributed by atoms with Gasteiger partial charge in [0.05, 0.1) is 11.7 Å². The van der Waals surface area contributed by atoms with Crippen LogP contribution >= 0.6 is 11.3 Å². The normalized spacial score (nSPS) is 16.6. The highest BCUT2D eigenvalue weighted by atomic mass is 32.1. The van der Waals surface area contributed by atoms with E-state index in [2.05, 4.69) is 37.8 Å². The topological polar surface area (TPSA) is 74.5 Å². The van der Waals surface area contributed by atoms with E-state index in [0.717, 1.165) is 49.0 Å². The van der Waals surface area contributed by atoms with E-state index in [1.54, 1.807) is 24.3 Å². The van der Waals surface area contributed by atoms with Crippen molar-refractivity contribution in [3.05, 3.63) is 53.2 Å². The third kappa shape index (κ3) is 4.90. The van der Waals surface area contributed by atoms with Gasteiger partial charge in [-0.1, -0.05) is 35.5 Å². The molecule has 29 heavy (non-hydrogen) atoms. The van der Waals surface area contributed by atoms with Gasteiger partial charge in [-0.25, -0.2) is 4.98 Å². The fraction of sp³-hybridized carbons (Fsp3) is 0.381. The number of carbonyl (C=O) groups excluding carboxylic acids is 1. The molecule has 7 nitrogen and oxygen atoms in total. The Morgan fingerprint density at radius 2 is 2.00 bits per heavy atom. The molecule has 152 valence electrons. The van der Waals surface area contributed by atoms with Crippen LogP contribution in [0.1, 0.15) is 18.4 Å². The predicted molar refractivity (Wildman–Crippen MR) is 114 cm³/mol. The number of amides is 1. The van der Waals surface area contributed by atoms with Crippen molar-refractivity contribution in [2.24, 2.45) is 0 Å². The van der Waals surface area contributed by atoms with Gasteiger partial charge in [0.25, 0.3) is 0 Å². The van der Waals surface area contributed by atoms with Crippen molar-refractivity contribution >= 4 is 23.1 Å².